The van der Waals surface area contributed by atoms with Gasteiger partial charge in [0, 0.05) is 32.3 Å². The van der Waals surface area contributed by atoms with Crippen LogP contribution < -0.4 is 19.8 Å². The summed E-state index contributed by atoms with van der Waals surface area (Å²) in [6.45, 7) is 1.64. The zero-order chi connectivity index (χ0) is 34.8. The highest BCUT2D eigenvalue weighted by molar-refractivity contribution is 8.00. The zero-order valence-corrected chi connectivity index (χ0v) is 28.8. The first-order chi connectivity index (χ1) is 24.1. The van der Waals surface area contributed by atoms with Crippen LogP contribution in [0.5, 0.6) is 11.5 Å². The molecule has 2 saturated carbocycles. The molecule has 2 bridgehead atoms. The fraction of sp³-hybridized carbons (Fsp3) is 0.306. The van der Waals surface area contributed by atoms with Gasteiger partial charge in [0.15, 0.2) is 6.61 Å². The molecule has 6 unspecified atom stereocenters. The normalized spacial score (nSPS) is 26.0. The summed E-state index contributed by atoms with van der Waals surface area (Å²) in [5, 5.41) is 13.4. The largest absolute Gasteiger partial charge is 0.508 e. The van der Waals surface area contributed by atoms with Crippen molar-refractivity contribution < 1.29 is 33.8 Å². The molecule has 4 aliphatic rings. The van der Waals surface area contributed by atoms with E-state index >= 15 is 0 Å². The van der Waals surface area contributed by atoms with Gasteiger partial charge in [-0.15, -0.1) is 11.8 Å². The number of hydrogen-bond acceptors (Lipinski definition) is 10. The molecule has 50 heavy (non-hydrogen) atoms. The van der Waals surface area contributed by atoms with Crippen LogP contribution in [0, 0.1) is 29.6 Å². The molecule has 3 amide bonds. The third-order valence-electron chi connectivity index (χ3n) is 10.2. The van der Waals surface area contributed by atoms with E-state index in [1.54, 1.807) is 73.3 Å². The number of aromatic nitrogens is 1. The van der Waals surface area contributed by atoms with Crippen LogP contribution in [-0.4, -0.2) is 52.2 Å². The number of amides is 3. The molecular formula is C36H30ClN3O8S2. The second-order valence-corrected chi connectivity index (χ2v) is 15.4. The number of ether oxygens (including phenoxy) is 2. The zero-order valence-electron chi connectivity index (χ0n) is 26.5. The fourth-order valence-corrected chi connectivity index (χ4v) is 11.4. The van der Waals surface area contributed by atoms with Crippen molar-refractivity contribution in [1.82, 2.24) is 4.98 Å². The number of carbonyl (C=O) groups is 4. The smallest absolute Gasteiger partial charge is 0.338 e. The second-order valence-electron chi connectivity index (χ2n) is 12.8. The number of aromatic amines is 1. The molecule has 0 radical (unpaired) electrons. The highest BCUT2D eigenvalue weighted by atomic mass is 35.5. The summed E-state index contributed by atoms with van der Waals surface area (Å²) in [5.74, 6) is -2.73. The average molecular weight is 732 g/mol. The summed E-state index contributed by atoms with van der Waals surface area (Å²) in [6.07, 6.45) is 0.687. The number of thioether (sulfide) groups is 1. The van der Waals surface area contributed by atoms with E-state index in [0.717, 1.165) is 21.2 Å². The predicted octanol–water partition coefficient (Wildman–Crippen LogP) is 5.67. The highest BCUT2D eigenvalue weighted by Gasteiger charge is 2.70. The number of esters is 1. The van der Waals surface area contributed by atoms with E-state index in [0.29, 0.717) is 39.7 Å². The number of halogens is 1. The quantitative estimate of drug-likeness (QED) is 0.118. The number of aromatic hydroxyl groups is 1. The van der Waals surface area contributed by atoms with Crippen LogP contribution in [0.1, 0.15) is 40.1 Å². The van der Waals surface area contributed by atoms with E-state index in [-0.39, 0.29) is 64.6 Å². The van der Waals surface area contributed by atoms with Gasteiger partial charge in [-0.1, -0.05) is 22.9 Å². The highest BCUT2D eigenvalue weighted by Crippen LogP contribution is 2.69. The van der Waals surface area contributed by atoms with Crippen LogP contribution in [0.25, 0.3) is 0 Å². The van der Waals surface area contributed by atoms with E-state index in [2.05, 4.69) is 10.3 Å². The lowest BCUT2D eigenvalue weighted by Crippen LogP contribution is -2.42. The number of benzene rings is 3. The number of fused-ring (bicyclic) bond motifs is 9. The molecule has 2 aliphatic heterocycles. The Bertz CT molecular complexity index is 2100. The molecule has 3 N–H and O–H groups in total. The molecule has 3 fully saturated rings. The Morgan fingerprint density at radius 1 is 1.00 bits per heavy atom. The van der Waals surface area contributed by atoms with Gasteiger partial charge in [0.05, 0.1) is 34.7 Å². The Labute approximate surface area is 298 Å². The Kier molecular flexibility index (Phi) is 8.23. The monoisotopic (exact) mass is 731 g/mol. The van der Waals surface area contributed by atoms with Crippen LogP contribution in [0.3, 0.4) is 0 Å². The van der Waals surface area contributed by atoms with Gasteiger partial charge in [-0.05, 0) is 97.8 Å². The van der Waals surface area contributed by atoms with Crippen molar-refractivity contribution in [1.29, 1.82) is 0 Å². The van der Waals surface area contributed by atoms with E-state index in [1.807, 2.05) is 0 Å². The summed E-state index contributed by atoms with van der Waals surface area (Å²) in [7, 11) is 0. The van der Waals surface area contributed by atoms with E-state index in [9.17, 15) is 29.1 Å². The van der Waals surface area contributed by atoms with Gasteiger partial charge < -0.3 is 24.9 Å². The molecule has 3 heterocycles. The van der Waals surface area contributed by atoms with Crippen molar-refractivity contribution in [2.45, 2.75) is 29.5 Å². The van der Waals surface area contributed by atoms with Gasteiger partial charge in [-0.25, -0.2) is 4.79 Å². The van der Waals surface area contributed by atoms with E-state index in [1.165, 1.54) is 17.0 Å². The number of phenolic OH excluding ortho intramolecular Hbond substituents is 1. The first kappa shape index (κ1) is 32.6. The minimum Gasteiger partial charge on any atom is -0.508 e. The predicted molar refractivity (Wildman–Crippen MR) is 187 cm³/mol. The molecule has 3 aromatic carbocycles. The van der Waals surface area contributed by atoms with Crippen molar-refractivity contribution in [2.24, 2.45) is 29.6 Å². The molecule has 11 nitrogen and oxygen atoms in total. The molecule has 0 spiro atoms. The van der Waals surface area contributed by atoms with Crippen LogP contribution in [0.4, 0.5) is 11.4 Å². The summed E-state index contributed by atoms with van der Waals surface area (Å²) in [5.41, 5.74) is 1.94. The number of carbonyl (C=O) groups excluding carboxylic acids is 4. The third-order valence-corrected chi connectivity index (χ3v) is 13.0. The van der Waals surface area contributed by atoms with Gasteiger partial charge in [0.1, 0.15) is 11.5 Å². The molecule has 256 valence electrons. The topological polar surface area (TPSA) is 155 Å². The third kappa shape index (κ3) is 5.39. The summed E-state index contributed by atoms with van der Waals surface area (Å²) in [4.78, 5) is 70.9. The van der Waals surface area contributed by atoms with Crippen molar-refractivity contribution in [2.75, 3.05) is 23.4 Å². The maximum absolute atomic E-state index is 14.2. The van der Waals surface area contributed by atoms with E-state index in [4.69, 9.17) is 21.1 Å². The van der Waals surface area contributed by atoms with Gasteiger partial charge in [0.25, 0.3) is 5.91 Å². The Balaban J connectivity index is 1.11. The molecule has 14 heteroatoms. The maximum atomic E-state index is 14.2. The molecule has 1 aromatic heterocycles. The molecule has 8 rings (SSSR count). The molecule has 7 atom stereocenters. The molecule has 2 aliphatic carbocycles. The van der Waals surface area contributed by atoms with Crippen molar-refractivity contribution >= 4 is 69.8 Å². The Morgan fingerprint density at radius 3 is 2.44 bits per heavy atom. The summed E-state index contributed by atoms with van der Waals surface area (Å²) in [6, 6.07) is 17.6. The van der Waals surface area contributed by atoms with Crippen LogP contribution in [0.2, 0.25) is 5.02 Å². The number of imide groups is 1. The SMILES string of the molecule is CCOC(=O)c1ccc(N2C(=O)C3C4CC(C3C2=O)C2C4Sc3[nH]c(=O)sc3[C@@H]2c2cc(Cl)ccc2OCC(=O)Nc2ccc(O)cc2)cc1. The second kappa shape index (κ2) is 12.6. The number of nitrogens with zero attached hydrogens (tertiary/aromatic N) is 1. The molecule has 4 aromatic rings. The van der Waals surface area contributed by atoms with Gasteiger partial charge >= 0.3 is 10.8 Å². The number of hydrogen-bond donors (Lipinski definition) is 3. The Hall–Kier alpha value is -4.59. The minimum absolute atomic E-state index is 0.0727. The number of nitrogens with one attached hydrogen (secondary N) is 2. The van der Waals surface area contributed by atoms with Crippen molar-refractivity contribution in [3.63, 3.8) is 0 Å². The lowest BCUT2D eigenvalue weighted by Gasteiger charge is -2.43. The lowest BCUT2D eigenvalue weighted by atomic mass is 9.68. The molecular weight excluding hydrogens is 702 g/mol. The van der Waals surface area contributed by atoms with Crippen molar-refractivity contribution in [3.05, 3.63) is 97.4 Å². The standard InChI is InChI=1S/C36H30ClN3O8S2/c1-2-47-35(45)16-3-8-19(9-4-16)40-33(43)28-22-14-23(29(28)34(40)44)30-27(22)26(31-32(49-30)39-36(46)50-31)21-13-17(37)5-12-24(21)48-15-25(42)38-18-6-10-20(41)11-7-18/h3-13,22-23,26-30,41H,2,14-15H2,1H3,(H,38,42)(H,39,46)/t22?,23?,26-,27?,28?,29?,30?/m1/s1. The van der Waals surface area contributed by atoms with Crippen LogP contribution in [0.15, 0.2) is 76.6 Å². The first-order valence-corrected chi connectivity index (χ1v) is 18.3. The number of phenols is 1. The van der Waals surface area contributed by atoms with Crippen molar-refractivity contribution in [3.8, 4) is 11.5 Å². The van der Waals surface area contributed by atoms with Gasteiger partial charge in [-0.2, -0.15) is 0 Å². The number of thiazole rings is 1. The van der Waals surface area contributed by atoms with Gasteiger partial charge in [-0.3, -0.25) is 24.1 Å². The number of H-pyrrole nitrogens is 1. The number of anilines is 2. The minimum atomic E-state index is -0.543. The molecule has 1 saturated heterocycles. The summed E-state index contributed by atoms with van der Waals surface area (Å²) >= 11 is 9.26. The first-order valence-electron chi connectivity index (χ1n) is 16.2. The number of rotatable bonds is 8. The van der Waals surface area contributed by atoms with E-state index < -0.39 is 23.7 Å². The maximum Gasteiger partial charge on any atom is 0.338 e. The van der Waals surface area contributed by atoms with Gasteiger partial charge in [0.2, 0.25) is 11.8 Å². The lowest BCUT2D eigenvalue weighted by molar-refractivity contribution is -0.123. The average Bonchev–Trinajstić information content (AvgIpc) is 3.84. The fourth-order valence-electron chi connectivity index (χ4n) is 8.36. The Morgan fingerprint density at radius 2 is 1.72 bits per heavy atom. The van der Waals surface area contributed by atoms with Crippen LogP contribution >= 0.6 is 34.7 Å². The summed E-state index contributed by atoms with van der Waals surface area (Å²) < 4.78 is 11.2. The van der Waals surface area contributed by atoms with Crippen LogP contribution in [-0.2, 0) is 19.1 Å².